The first-order valence-corrected chi connectivity index (χ1v) is 8.37. The van der Waals surface area contributed by atoms with Gasteiger partial charge in [0, 0.05) is 37.4 Å². The molecule has 0 amide bonds. The van der Waals surface area contributed by atoms with Gasteiger partial charge in [0.05, 0.1) is 16.6 Å². The van der Waals surface area contributed by atoms with Crippen molar-refractivity contribution in [3.8, 4) is 0 Å². The number of aryl methyl sites for hydroxylation is 3. The second-order valence-corrected chi connectivity index (χ2v) is 6.59. The topological polar surface area (TPSA) is 88.6 Å². The van der Waals surface area contributed by atoms with E-state index in [4.69, 9.17) is 5.73 Å². The van der Waals surface area contributed by atoms with E-state index in [0.29, 0.717) is 36.4 Å². The summed E-state index contributed by atoms with van der Waals surface area (Å²) in [7, 11) is 0. The van der Waals surface area contributed by atoms with Crippen molar-refractivity contribution in [3.05, 3.63) is 38.9 Å². The predicted molar refractivity (Wildman–Crippen MR) is 95.1 cm³/mol. The predicted octanol–water partition coefficient (Wildman–Crippen LogP) is 2.01. The zero-order chi connectivity index (χ0) is 18.5. The highest BCUT2D eigenvalue weighted by Crippen LogP contribution is 2.35. The molecule has 25 heavy (non-hydrogen) atoms. The molecule has 0 bridgehead atoms. The number of pyridine rings is 1. The van der Waals surface area contributed by atoms with Crippen LogP contribution in [0.1, 0.15) is 34.8 Å². The maximum Gasteiger partial charge on any atom is 0.341 e. The van der Waals surface area contributed by atoms with Crippen molar-refractivity contribution in [1.82, 2.24) is 4.57 Å². The monoisotopic (exact) mass is 347 g/mol. The first-order valence-electron chi connectivity index (χ1n) is 8.37. The standard InChI is InChI=1S/C18H22FN3O3/c1-4-21-8-12(18(24)25)17(23)13-9(2)14(19)16(10(3)15(13)21)22-6-5-11(20)7-22/h8,11H,4-7,20H2,1-3H3,(H,24,25). The Morgan fingerprint density at radius 3 is 2.60 bits per heavy atom. The molecular formula is C18H22FN3O3. The average molecular weight is 347 g/mol. The number of halogens is 1. The molecule has 1 unspecified atom stereocenters. The highest BCUT2D eigenvalue weighted by Gasteiger charge is 2.28. The maximum absolute atomic E-state index is 15.1. The van der Waals surface area contributed by atoms with E-state index < -0.39 is 17.2 Å². The van der Waals surface area contributed by atoms with Crippen molar-refractivity contribution in [2.45, 2.75) is 39.8 Å². The lowest BCUT2D eigenvalue weighted by Crippen LogP contribution is -2.28. The van der Waals surface area contributed by atoms with E-state index in [1.807, 2.05) is 11.8 Å². The maximum atomic E-state index is 15.1. The molecule has 1 atom stereocenters. The van der Waals surface area contributed by atoms with Crippen LogP contribution in [0.25, 0.3) is 10.9 Å². The van der Waals surface area contributed by atoms with Crippen LogP contribution in [0.15, 0.2) is 11.0 Å². The molecule has 1 saturated heterocycles. The van der Waals surface area contributed by atoms with Crippen molar-refractivity contribution < 1.29 is 14.3 Å². The van der Waals surface area contributed by atoms with Crippen LogP contribution < -0.4 is 16.1 Å². The molecule has 0 radical (unpaired) electrons. The molecule has 134 valence electrons. The third-order valence-electron chi connectivity index (χ3n) is 5.02. The summed E-state index contributed by atoms with van der Waals surface area (Å²) in [6.45, 7) is 6.86. The number of fused-ring (bicyclic) bond motifs is 1. The first-order chi connectivity index (χ1) is 11.8. The molecule has 1 aromatic carbocycles. The number of hydrogen-bond donors (Lipinski definition) is 2. The van der Waals surface area contributed by atoms with E-state index in [1.165, 1.54) is 13.1 Å². The number of benzene rings is 1. The number of carboxylic acid groups (broad SMARTS) is 1. The van der Waals surface area contributed by atoms with Gasteiger partial charge in [-0.25, -0.2) is 9.18 Å². The molecule has 3 N–H and O–H groups in total. The Labute approximate surface area is 144 Å². The lowest BCUT2D eigenvalue weighted by molar-refractivity contribution is 0.0695. The van der Waals surface area contributed by atoms with E-state index in [0.717, 1.165) is 6.42 Å². The molecule has 1 fully saturated rings. The van der Waals surface area contributed by atoms with Gasteiger partial charge in [-0.05, 0) is 32.8 Å². The van der Waals surface area contributed by atoms with Gasteiger partial charge in [0.15, 0.2) is 5.82 Å². The van der Waals surface area contributed by atoms with Gasteiger partial charge in [-0.15, -0.1) is 0 Å². The van der Waals surface area contributed by atoms with Crippen LogP contribution in [0.2, 0.25) is 0 Å². The van der Waals surface area contributed by atoms with Crippen molar-refractivity contribution in [2.24, 2.45) is 5.73 Å². The Balaban J connectivity index is 2.43. The molecule has 0 spiro atoms. The molecule has 3 rings (SSSR count). The molecule has 7 heteroatoms. The van der Waals surface area contributed by atoms with Crippen LogP contribution in [-0.2, 0) is 6.54 Å². The van der Waals surface area contributed by atoms with Crippen molar-refractivity contribution in [2.75, 3.05) is 18.0 Å². The summed E-state index contributed by atoms with van der Waals surface area (Å²) in [4.78, 5) is 26.0. The SMILES string of the molecule is CCn1cc(C(=O)O)c(=O)c2c(C)c(F)c(N3CCC(N)C3)c(C)c21. The average Bonchev–Trinajstić information content (AvgIpc) is 2.98. The zero-order valence-electron chi connectivity index (χ0n) is 14.6. The smallest absolute Gasteiger partial charge is 0.341 e. The number of carboxylic acids is 1. The van der Waals surface area contributed by atoms with Crippen LogP contribution in [0.5, 0.6) is 0 Å². The van der Waals surface area contributed by atoms with Gasteiger partial charge in [-0.3, -0.25) is 4.79 Å². The molecule has 0 saturated carbocycles. The summed E-state index contributed by atoms with van der Waals surface area (Å²) in [5, 5.41) is 9.44. The molecule has 0 aliphatic carbocycles. The van der Waals surface area contributed by atoms with Crippen molar-refractivity contribution in [1.29, 1.82) is 0 Å². The van der Waals surface area contributed by atoms with Gasteiger partial charge >= 0.3 is 5.97 Å². The Kier molecular flexibility index (Phi) is 4.28. The summed E-state index contributed by atoms with van der Waals surface area (Å²) in [5.41, 5.74) is 6.86. The third kappa shape index (κ3) is 2.59. The van der Waals surface area contributed by atoms with Gasteiger partial charge in [-0.2, -0.15) is 0 Å². The molecule has 1 aliphatic rings. The molecule has 2 heterocycles. The van der Waals surface area contributed by atoms with E-state index in [1.54, 1.807) is 11.5 Å². The van der Waals surface area contributed by atoms with Crippen molar-refractivity contribution in [3.63, 3.8) is 0 Å². The molecule has 6 nitrogen and oxygen atoms in total. The van der Waals surface area contributed by atoms with Crippen LogP contribution in [0.4, 0.5) is 10.1 Å². The van der Waals surface area contributed by atoms with Crippen LogP contribution in [0, 0.1) is 19.7 Å². The second kappa shape index (κ2) is 6.15. The molecule has 1 aliphatic heterocycles. The largest absolute Gasteiger partial charge is 0.477 e. The lowest BCUT2D eigenvalue weighted by Gasteiger charge is -2.25. The number of carbonyl (C=O) groups is 1. The zero-order valence-corrected chi connectivity index (χ0v) is 14.6. The van der Waals surface area contributed by atoms with E-state index in [9.17, 15) is 14.7 Å². The molecule has 1 aromatic heterocycles. The van der Waals surface area contributed by atoms with Gasteiger partial charge in [0.1, 0.15) is 5.56 Å². The van der Waals surface area contributed by atoms with Crippen LogP contribution in [0.3, 0.4) is 0 Å². The van der Waals surface area contributed by atoms with Gasteiger partial charge in [0.2, 0.25) is 5.43 Å². The number of aromatic nitrogens is 1. The second-order valence-electron chi connectivity index (χ2n) is 6.59. The first kappa shape index (κ1) is 17.4. The van der Waals surface area contributed by atoms with Crippen LogP contribution in [-0.4, -0.2) is 34.8 Å². The number of rotatable bonds is 3. The number of aromatic carboxylic acids is 1. The fourth-order valence-corrected chi connectivity index (χ4v) is 3.75. The fourth-order valence-electron chi connectivity index (χ4n) is 3.75. The molecular weight excluding hydrogens is 325 g/mol. The quantitative estimate of drug-likeness (QED) is 0.887. The van der Waals surface area contributed by atoms with Crippen LogP contribution >= 0.6 is 0 Å². The summed E-state index contributed by atoms with van der Waals surface area (Å²) in [6, 6.07) is -0.00226. The minimum Gasteiger partial charge on any atom is -0.477 e. The number of nitrogens with two attached hydrogens (primary N) is 1. The summed E-state index contributed by atoms with van der Waals surface area (Å²) in [5.74, 6) is -1.78. The highest BCUT2D eigenvalue weighted by molar-refractivity contribution is 5.96. The highest BCUT2D eigenvalue weighted by atomic mass is 19.1. The minimum absolute atomic E-state index is 0.00226. The number of hydrogen-bond acceptors (Lipinski definition) is 4. The minimum atomic E-state index is -1.30. The normalized spacial score (nSPS) is 17.5. The van der Waals surface area contributed by atoms with E-state index in [-0.39, 0.29) is 22.6 Å². The third-order valence-corrected chi connectivity index (χ3v) is 5.02. The number of nitrogens with zero attached hydrogens (tertiary/aromatic N) is 2. The Bertz CT molecular complexity index is 936. The van der Waals surface area contributed by atoms with Crippen molar-refractivity contribution >= 4 is 22.6 Å². The van der Waals surface area contributed by atoms with E-state index >= 15 is 4.39 Å². The van der Waals surface area contributed by atoms with E-state index in [2.05, 4.69) is 0 Å². The summed E-state index contributed by atoms with van der Waals surface area (Å²) in [6.07, 6.45) is 2.13. The van der Waals surface area contributed by atoms with Gasteiger partial charge in [-0.1, -0.05) is 0 Å². The Hall–Kier alpha value is -2.41. The Morgan fingerprint density at radius 1 is 1.40 bits per heavy atom. The molecule has 2 aromatic rings. The van der Waals surface area contributed by atoms with Gasteiger partial charge in [0.25, 0.3) is 0 Å². The lowest BCUT2D eigenvalue weighted by atomic mass is 9.99. The van der Waals surface area contributed by atoms with Gasteiger partial charge < -0.3 is 20.3 Å². The fraction of sp³-hybridized carbons (Fsp3) is 0.444. The summed E-state index contributed by atoms with van der Waals surface area (Å²) < 4.78 is 16.9. The Morgan fingerprint density at radius 2 is 2.08 bits per heavy atom. The number of anilines is 1. The summed E-state index contributed by atoms with van der Waals surface area (Å²) >= 11 is 0.